The zero-order chi connectivity index (χ0) is 10.5. The van der Waals surface area contributed by atoms with Crippen molar-refractivity contribution in [1.29, 1.82) is 0 Å². The minimum atomic E-state index is 0.550. The number of ether oxygens (including phenoxy) is 1. The lowest BCUT2D eigenvalue weighted by molar-refractivity contribution is 0.0138. The summed E-state index contributed by atoms with van der Waals surface area (Å²) in [7, 11) is 0. The van der Waals surface area contributed by atoms with Gasteiger partial charge in [0.2, 0.25) is 0 Å². The third kappa shape index (κ3) is 4.12. The highest BCUT2D eigenvalue weighted by atomic mass is 16.5. The molecular formula is C13H25NO. The monoisotopic (exact) mass is 211 g/mol. The number of nitrogens with one attached hydrogen (secondary N) is 1. The van der Waals surface area contributed by atoms with Gasteiger partial charge in [0.05, 0.1) is 6.10 Å². The van der Waals surface area contributed by atoms with Crippen molar-refractivity contribution in [3.8, 4) is 0 Å². The topological polar surface area (TPSA) is 21.3 Å². The molecule has 1 N–H and O–H groups in total. The Kier molecular flexibility index (Phi) is 4.45. The molecule has 0 aromatic rings. The van der Waals surface area contributed by atoms with E-state index in [4.69, 9.17) is 4.74 Å². The Labute approximate surface area is 93.8 Å². The first-order chi connectivity index (χ1) is 7.38. The van der Waals surface area contributed by atoms with Gasteiger partial charge in [-0.05, 0) is 57.4 Å². The molecule has 0 aromatic heterocycles. The molecule has 2 rings (SSSR count). The molecule has 2 atom stereocenters. The standard InChI is InChI=1S/C13H25NO/c1-2-8-14-12-4-3-5-13(9-12)15-10-11-6-7-11/h11-14H,2-10H2,1H3. The van der Waals surface area contributed by atoms with Gasteiger partial charge in [-0.25, -0.2) is 0 Å². The van der Waals surface area contributed by atoms with Crippen molar-refractivity contribution in [2.45, 2.75) is 64.0 Å². The summed E-state index contributed by atoms with van der Waals surface area (Å²) >= 11 is 0. The van der Waals surface area contributed by atoms with E-state index in [1.54, 1.807) is 0 Å². The van der Waals surface area contributed by atoms with Gasteiger partial charge in [-0.15, -0.1) is 0 Å². The van der Waals surface area contributed by atoms with Crippen LogP contribution >= 0.6 is 0 Å². The fourth-order valence-electron chi connectivity index (χ4n) is 2.39. The molecule has 0 radical (unpaired) electrons. The third-order valence-electron chi connectivity index (χ3n) is 3.57. The molecule has 2 aliphatic rings. The van der Waals surface area contributed by atoms with Crippen LogP contribution in [0.5, 0.6) is 0 Å². The molecule has 0 spiro atoms. The molecule has 0 amide bonds. The average Bonchev–Trinajstić information content (AvgIpc) is 3.08. The van der Waals surface area contributed by atoms with Crippen LogP contribution in [0.15, 0.2) is 0 Å². The fraction of sp³-hybridized carbons (Fsp3) is 1.00. The van der Waals surface area contributed by atoms with E-state index in [0.29, 0.717) is 6.10 Å². The first-order valence-electron chi connectivity index (χ1n) is 6.73. The minimum absolute atomic E-state index is 0.550. The zero-order valence-electron chi connectivity index (χ0n) is 10.0. The van der Waals surface area contributed by atoms with Gasteiger partial charge in [-0.1, -0.05) is 6.92 Å². The van der Waals surface area contributed by atoms with E-state index in [2.05, 4.69) is 12.2 Å². The van der Waals surface area contributed by atoms with Gasteiger partial charge < -0.3 is 10.1 Å². The highest BCUT2D eigenvalue weighted by molar-refractivity contribution is 4.80. The van der Waals surface area contributed by atoms with Crippen molar-refractivity contribution in [1.82, 2.24) is 5.32 Å². The average molecular weight is 211 g/mol. The van der Waals surface area contributed by atoms with E-state index in [-0.39, 0.29) is 0 Å². The number of rotatable bonds is 6. The van der Waals surface area contributed by atoms with E-state index in [9.17, 15) is 0 Å². The Morgan fingerprint density at radius 2 is 2.07 bits per heavy atom. The maximum Gasteiger partial charge on any atom is 0.0590 e. The minimum Gasteiger partial charge on any atom is -0.378 e. The Hall–Kier alpha value is -0.0800. The van der Waals surface area contributed by atoms with Crippen LogP contribution in [0, 0.1) is 5.92 Å². The second-order valence-corrected chi connectivity index (χ2v) is 5.22. The van der Waals surface area contributed by atoms with Gasteiger partial charge >= 0.3 is 0 Å². The SMILES string of the molecule is CCCNC1CCCC(OCC2CC2)C1. The van der Waals surface area contributed by atoms with Crippen LogP contribution in [0.4, 0.5) is 0 Å². The largest absolute Gasteiger partial charge is 0.378 e. The predicted molar refractivity (Wildman–Crippen MR) is 63.0 cm³/mol. The Morgan fingerprint density at radius 3 is 2.80 bits per heavy atom. The number of hydrogen-bond donors (Lipinski definition) is 1. The molecule has 0 saturated heterocycles. The van der Waals surface area contributed by atoms with Crippen molar-refractivity contribution < 1.29 is 4.74 Å². The molecule has 2 aliphatic carbocycles. The third-order valence-corrected chi connectivity index (χ3v) is 3.57. The van der Waals surface area contributed by atoms with Gasteiger partial charge in [0.25, 0.3) is 0 Å². The normalized spacial score (nSPS) is 31.8. The highest BCUT2D eigenvalue weighted by Gasteiger charge is 2.26. The quantitative estimate of drug-likeness (QED) is 0.729. The lowest BCUT2D eigenvalue weighted by Crippen LogP contribution is -2.37. The first-order valence-corrected chi connectivity index (χ1v) is 6.73. The molecule has 0 aromatic carbocycles. The van der Waals surface area contributed by atoms with Crippen molar-refractivity contribution in [2.24, 2.45) is 5.92 Å². The van der Waals surface area contributed by atoms with Gasteiger partial charge in [0.15, 0.2) is 0 Å². The van der Waals surface area contributed by atoms with E-state index < -0.39 is 0 Å². The summed E-state index contributed by atoms with van der Waals surface area (Å²) in [4.78, 5) is 0. The molecule has 0 aliphatic heterocycles. The maximum absolute atomic E-state index is 5.98. The molecule has 0 heterocycles. The lowest BCUT2D eigenvalue weighted by atomic mass is 9.93. The Morgan fingerprint density at radius 1 is 1.20 bits per heavy atom. The molecule has 2 saturated carbocycles. The van der Waals surface area contributed by atoms with Crippen LogP contribution in [0.3, 0.4) is 0 Å². The summed E-state index contributed by atoms with van der Waals surface area (Å²) < 4.78 is 5.98. The van der Waals surface area contributed by atoms with Gasteiger partial charge in [0.1, 0.15) is 0 Å². The first kappa shape index (κ1) is 11.4. The highest BCUT2D eigenvalue weighted by Crippen LogP contribution is 2.30. The van der Waals surface area contributed by atoms with Crippen LogP contribution in [-0.2, 0) is 4.74 Å². The van der Waals surface area contributed by atoms with Crippen LogP contribution in [-0.4, -0.2) is 25.3 Å². The summed E-state index contributed by atoms with van der Waals surface area (Å²) in [5, 5.41) is 3.62. The van der Waals surface area contributed by atoms with Crippen molar-refractivity contribution in [3.05, 3.63) is 0 Å². The predicted octanol–water partition coefficient (Wildman–Crippen LogP) is 2.72. The molecular weight excluding hydrogens is 186 g/mol. The van der Waals surface area contributed by atoms with E-state index in [1.165, 1.54) is 51.5 Å². The zero-order valence-corrected chi connectivity index (χ0v) is 10.0. The van der Waals surface area contributed by atoms with E-state index >= 15 is 0 Å². The fourth-order valence-corrected chi connectivity index (χ4v) is 2.39. The molecule has 2 nitrogen and oxygen atoms in total. The molecule has 2 heteroatoms. The Balaban J connectivity index is 1.61. The van der Waals surface area contributed by atoms with Crippen molar-refractivity contribution in [3.63, 3.8) is 0 Å². The number of hydrogen-bond acceptors (Lipinski definition) is 2. The molecule has 2 fully saturated rings. The molecule has 0 bridgehead atoms. The molecule has 88 valence electrons. The molecule has 15 heavy (non-hydrogen) atoms. The van der Waals surface area contributed by atoms with E-state index in [0.717, 1.165) is 18.6 Å². The van der Waals surface area contributed by atoms with Crippen molar-refractivity contribution >= 4 is 0 Å². The van der Waals surface area contributed by atoms with Crippen LogP contribution in [0.2, 0.25) is 0 Å². The lowest BCUT2D eigenvalue weighted by Gasteiger charge is -2.29. The van der Waals surface area contributed by atoms with Gasteiger partial charge in [-0.3, -0.25) is 0 Å². The van der Waals surface area contributed by atoms with E-state index in [1.807, 2.05) is 0 Å². The summed E-state index contributed by atoms with van der Waals surface area (Å²) in [5.74, 6) is 0.911. The summed E-state index contributed by atoms with van der Waals surface area (Å²) in [6, 6.07) is 0.725. The van der Waals surface area contributed by atoms with Crippen LogP contribution in [0.25, 0.3) is 0 Å². The van der Waals surface area contributed by atoms with Gasteiger partial charge in [-0.2, -0.15) is 0 Å². The van der Waals surface area contributed by atoms with Crippen molar-refractivity contribution in [2.75, 3.05) is 13.2 Å². The maximum atomic E-state index is 5.98. The van der Waals surface area contributed by atoms with Gasteiger partial charge in [0, 0.05) is 12.6 Å². The molecule has 2 unspecified atom stereocenters. The van der Waals surface area contributed by atoms with Crippen LogP contribution in [0.1, 0.15) is 51.9 Å². The van der Waals surface area contributed by atoms with Crippen LogP contribution < -0.4 is 5.32 Å². The summed E-state index contributed by atoms with van der Waals surface area (Å²) in [6.07, 6.45) is 9.83. The second kappa shape index (κ2) is 5.86. The summed E-state index contributed by atoms with van der Waals surface area (Å²) in [6.45, 7) is 4.43. The second-order valence-electron chi connectivity index (χ2n) is 5.22. The Bertz CT molecular complexity index is 179. The summed E-state index contributed by atoms with van der Waals surface area (Å²) in [5.41, 5.74) is 0. The smallest absolute Gasteiger partial charge is 0.0590 e.